The molecule has 3 rings (SSSR count). The van der Waals surface area contributed by atoms with E-state index in [1.807, 2.05) is 0 Å². The van der Waals surface area contributed by atoms with Crippen molar-refractivity contribution in [1.29, 1.82) is 0 Å². The van der Waals surface area contributed by atoms with Gasteiger partial charge < -0.3 is 9.64 Å². The van der Waals surface area contributed by atoms with Crippen LogP contribution in [-0.4, -0.2) is 51.2 Å². The van der Waals surface area contributed by atoms with Gasteiger partial charge >= 0.3 is 12.6 Å². The number of halogens is 5. The van der Waals surface area contributed by atoms with Crippen molar-refractivity contribution in [2.75, 3.05) is 14.1 Å². The first-order valence-corrected chi connectivity index (χ1v) is 8.14. The number of aromatic nitrogens is 4. The summed E-state index contributed by atoms with van der Waals surface area (Å²) in [4.78, 5) is 13.5. The summed E-state index contributed by atoms with van der Waals surface area (Å²) in [5.41, 5.74) is -0.0554. The molecule has 144 valence electrons. The van der Waals surface area contributed by atoms with Gasteiger partial charge in [-0.3, -0.25) is 0 Å². The second-order valence-corrected chi connectivity index (χ2v) is 6.43. The molecule has 0 aliphatic rings. The van der Waals surface area contributed by atoms with Crippen molar-refractivity contribution in [1.82, 2.24) is 24.5 Å². The van der Waals surface area contributed by atoms with Crippen LogP contribution in [0.4, 0.5) is 18.0 Å². The van der Waals surface area contributed by atoms with Gasteiger partial charge in [0.05, 0.1) is 5.52 Å². The number of aryl methyl sites for hydroxylation is 1. The van der Waals surface area contributed by atoms with Gasteiger partial charge in [0, 0.05) is 32.1 Å². The minimum absolute atomic E-state index is 0.0699. The number of carbonyl (C=O) groups excluding carboxylic acids is 1. The Morgan fingerprint density at radius 3 is 2.52 bits per heavy atom. The van der Waals surface area contributed by atoms with E-state index in [9.17, 15) is 18.0 Å². The highest BCUT2D eigenvalue weighted by Crippen LogP contribution is 2.38. The molecule has 0 aliphatic heterocycles. The number of carbonyl (C=O) groups is 1. The highest BCUT2D eigenvalue weighted by molar-refractivity contribution is 6.35. The maximum Gasteiger partial charge on any atom is 0.388 e. The van der Waals surface area contributed by atoms with Crippen molar-refractivity contribution in [3.05, 3.63) is 28.1 Å². The molecule has 7 nitrogen and oxygen atoms in total. The second kappa shape index (κ2) is 6.93. The van der Waals surface area contributed by atoms with Gasteiger partial charge in [-0.25, -0.2) is 13.9 Å². The number of hydrogen-bond donors (Lipinski definition) is 0. The van der Waals surface area contributed by atoms with Crippen molar-refractivity contribution in [2.45, 2.75) is 6.61 Å². The summed E-state index contributed by atoms with van der Waals surface area (Å²) in [5.74, 6) is -1.19. The summed E-state index contributed by atoms with van der Waals surface area (Å²) in [6, 6.07) is 1.82. The highest BCUT2D eigenvalue weighted by Gasteiger charge is 2.25. The predicted octanol–water partition coefficient (Wildman–Crippen LogP) is 4.01. The molecular weight excluding hydrogens is 410 g/mol. The lowest BCUT2D eigenvalue weighted by atomic mass is 10.1. The van der Waals surface area contributed by atoms with Crippen LogP contribution in [0.3, 0.4) is 0 Å². The van der Waals surface area contributed by atoms with Crippen molar-refractivity contribution in [3.8, 4) is 17.1 Å². The summed E-state index contributed by atoms with van der Waals surface area (Å²) >= 11 is 12.1. The van der Waals surface area contributed by atoms with Crippen LogP contribution in [0.25, 0.3) is 22.2 Å². The Kier molecular flexibility index (Phi) is 4.96. The van der Waals surface area contributed by atoms with E-state index in [1.165, 1.54) is 32.1 Å². The van der Waals surface area contributed by atoms with Crippen molar-refractivity contribution in [2.24, 2.45) is 7.05 Å². The minimum atomic E-state index is -3.13. The van der Waals surface area contributed by atoms with Crippen molar-refractivity contribution >= 4 is 40.1 Å². The van der Waals surface area contributed by atoms with Crippen LogP contribution < -0.4 is 4.74 Å². The van der Waals surface area contributed by atoms with Gasteiger partial charge in [0.25, 0.3) is 0 Å². The maximum absolute atomic E-state index is 14.6. The third kappa shape index (κ3) is 3.30. The maximum atomic E-state index is 14.6. The fourth-order valence-corrected chi connectivity index (χ4v) is 3.02. The van der Waals surface area contributed by atoms with Crippen molar-refractivity contribution in [3.63, 3.8) is 0 Å². The first-order chi connectivity index (χ1) is 12.6. The SMILES string of the molecule is CN(C)C(=O)n1nc(Cl)c2cc(F)c(-c3nn(C)c(OC(F)F)c3Cl)cc21. The molecule has 0 saturated heterocycles. The van der Waals surface area contributed by atoms with Gasteiger partial charge in [-0.1, -0.05) is 23.2 Å². The standard InChI is InChI=1S/C15H12Cl2F3N5O2/c1-23(2)15(26)25-9-5-6(8(18)4-7(9)12(17)22-25)11-10(16)13(24(3)21-11)27-14(19)20/h4-5,14H,1-3H3. The zero-order chi connectivity index (χ0) is 20.0. The quantitative estimate of drug-likeness (QED) is 0.640. The lowest BCUT2D eigenvalue weighted by Gasteiger charge is -2.10. The Hall–Kier alpha value is -2.46. The van der Waals surface area contributed by atoms with E-state index < -0.39 is 24.3 Å². The molecule has 27 heavy (non-hydrogen) atoms. The smallest absolute Gasteiger partial charge is 0.388 e. The molecule has 0 unspecified atom stereocenters. The molecule has 0 spiro atoms. The summed E-state index contributed by atoms with van der Waals surface area (Å²) in [6.45, 7) is -3.13. The normalized spacial score (nSPS) is 11.4. The largest absolute Gasteiger partial charge is 0.416 e. The van der Waals surface area contributed by atoms with E-state index in [-0.39, 0.29) is 32.3 Å². The molecule has 0 saturated carbocycles. The molecule has 1 aromatic carbocycles. The number of alkyl halides is 2. The van der Waals surface area contributed by atoms with Gasteiger partial charge in [-0.2, -0.15) is 23.7 Å². The molecular formula is C15H12Cl2F3N5O2. The van der Waals surface area contributed by atoms with Crippen LogP contribution >= 0.6 is 23.2 Å². The Balaban J connectivity index is 2.23. The van der Waals surface area contributed by atoms with Crippen LogP contribution in [0.2, 0.25) is 10.2 Å². The van der Waals surface area contributed by atoms with Crippen LogP contribution in [0.15, 0.2) is 12.1 Å². The molecule has 0 N–H and O–H groups in total. The number of amides is 1. The predicted molar refractivity (Wildman–Crippen MR) is 93.0 cm³/mol. The van der Waals surface area contributed by atoms with Crippen LogP contribution in [0.5, 0.6) is 5.88 Å². The fourth-order valence-electron chi connectivity index (χ4n) is 2.48. The second-order valence-electron chi connectivity index (χ2n) is 5.70. The molecule has 1 amide bonds. The van der Waals surface area contributed by atoms with Crippen LogP contribution in [0, 0.1) is 5.82 Å². The lowest BCUT2D eigenvalue weighted by Crippen LogP contribution is -2.28. The van der Waals surface area contributed by atoms with E-state index in [1.54, 1.807) is 0 Å². The molecule has 2 heterocycles. The molecule has 0 fully saturated rings. The van der Waals surface area contributed by atoms with Gasteiger partial charge in [-0.05, 0) is 12.1 Å². The summed E-state index contributed by atoms with van der Waals surface area (Å²) in [6.07, 6.45) is 0. The van der Waals surface area contributed by atoms with E-state index in [4.69, 9.17) is 23.2 Å². The van der Waals surface area contributed by atoms with Gasteiger partial charge in [0.15, 0.2) is 5.15 Å². The number of rotatable bonds is 3. The Morgan fingerprint density at radius 2 is 1.93 bits per heavy atom. The Bertz CT molecular complexity index is 1050. The fraction of sp³-hybridized carbons (Fsp3) is 0.267. The molecule has 3 aromatic rings. The van der Waals surface area contributed by atoms with E-state index >= 15 is 0 Å². The van der Waals surface area contributed by atoms with E-state index in [0.29, 0.717) is 0 Å². The Labute approximate surface area is 160 Å². The van der Waals surface area contributed by atoms with Gasteiger partial charge in [0.1, 0.15) is 16.5 Å². The molecule has 0 aliphatic carbocycles. The minimum Gasteiger partial charge on any atom is -0.416 e. The summed E-state index contributed by atoms with van der Waals surface area (Å²) in [5, 5.41) is 7.69. The first-order valence-electron chi connectivity index (χ1n) is 7.39. The molecule has 0 atom stereocenters. The van der Waals surface area contributed by atoms with Crippen LogP contribution in [-0.2, 0) is 7.05 Å². The lowest BCUT2D eigenvalue weighted by molar-refractivity contribution is -0.0552. The topological polar surface area (TPSA) is 65.2 Å². The third-order valence-electron chi connectivity index (χ3n) is 3.68. The number of ether oxygens (including phenoxy) is 1. The average molecular weight is 422 g/mol. The van der Waals surface area contributed by atoms with Gasteiger partial charge in [0.2, 0.25) is 5.88 Å². The van der Waals surface area contributed by atoms with E-state index in [0.717, 1.165) is 15.4 Å². The first kappa shape index (κ1) is 19.3. The van der Waals surface area contributed by atoms with Gasteiger partial charge in [-0.15, -0.1) is 0 Å². The van der Waals surface area contributed by atoms with E-state index in [2.05, 4.69) is 14.9 Å². The van der Waals surface area contributed by atoms with Crippen LogP contribution in [0.1, 0.15) is 0 Å². The molecule has 0 radical (unpaired) electrons. The monoisotopic (exact) mass is 421 g/mol. The highest BCUT2D eigenvalue weighted by atomic mass is 35.5. The third-order valence-corrected chi connectivity index (χ3v) is 4.30. The zero-order valence-electron chi connectivity index (χ0n) is 14.2. The number of nitrogens with zero attached hydrogens (tertiary/aromatic N) is 5. The summed E-state index contributed by atoms with van der Waals surface area (Å²) in [7, 11) is 4.34. The number of benzene rings is 1. The number of hydrogen-bond acceptors (Lipinski definition) is 4. The molecule has 2 aromatic heterocycles. The average Bonchev–Trinajstić information content (AvgIpc) is 3.04. The summed E-state index contributed by atoms with van der Waals surface area (Å²) < 4.78 is 46.0. The molecule has 12 heteroatoms. The zero-order valence-corrected chi connectivity index (χ0v) is 15.7. The Morgan fingerprint density at radius 1 is 1.26 bits per heavy atom. The molecule has 0 bridgehead atoms. The number of fused-ring (bicyclic) bond motifs is 1. The van der Waals surface area contributed by atoms with Crippen molar-refractivity contribution < 1.29 is 22.7 Å².